The van der Waals surface area contributed by atoms with Crippen molar-refractivity contribution in [3.8, 4) is 0 Å². The van der Waals surface area contributed by atoms with Crippen LogP contribution in [-0.2, 0) is 0 Å². The maximum atomic E-state index is 5.15. The summed E-state index contributed by atoms with van der Waals surface area (Å²) in [5.74, 6) is 0. The molecular weight excluding hydrogens is 200 g/mol. The minimum absolute atomic E-state index is 0.324. The highest BCUT2D eigenvalue weighted by molar-refractivity contribution is 7.71. The molecule has 0 spiro atoms. The fourth-order valence-electron chi connectivity index (χ4n) is 1.31. The highest BCUT2D eigenvalue weighted by Crippen LogP contribution is 2.20. The number of aromatic nitrogens is 2. The normalized spacial score (nSPS) is 13.0. The fraction of sp³-hybridized carbons (Fsp3) is 0.222. The Morgan fingerprint density at radius 1 is 1.62 bits per heavy atom. The highest BCUT2D eigenvalue weighted by Gasteiger charge is 2.07. The van der Waals surface area contributed by atoms with Gasteiger partial charge in [0.15, 0.2) is 4.77 Å². The summed E-state index contributed by atoms with van der Waals surface area (Å²) in [5.41, 5.74) is 1.31. The van der Waals surface area contributed by atoms with E-state index >= 15 is 0 Å². The van der Waals surface area contributed by atoms with E-state index < -0.39 is 0 Å². The lowest BCUT2D eigenvalue weighted by molar-refractivity contribution is 0.632. The number of thiophene rings is 1. The molecule has 2 heterocycles. The summed E-state index contributed by atoms with van der Waals surface area (Å²) in [4.78, 5) is 2.99. The highest BCUT2D eigenvalue weighted by atomic mass is 32.1. The van der Waals surface area contributed by atoms with E-state index in [-0.39, 0.29) is 0 Å². The van der Waals surface area contributed by atoms with Crippen molar-refractivity contribution in [3.05, 3.63) is 39.6 Å². The minimum Gasteiger partial charge on any atom is -0.337 e. The average molecular weight is 210 g/mol. The number of hydrogen-bond donors (Lipinski definition) is 1. The van der Waals surface area contributed by atoms with Gasteiger partial charge in [-0.05, 0) is 41.5 Å². The zero-order valence-electron chi connectivity index (χ0n) is 7.23. The van der Waals surface area contributed by atoms with Crippen LogP contribution in [0.4, 0.5) is 0 Å². The number of rotatable bonds is 2. The van der Waals surface area contributed by atoms with Gasteiger partial charge in [0, 0.05) is 12.4 Å². The van der Waals surface area contributed by atoms with Crippen molar-refractivity contribution in [1.82, 2.24) is 9.55 Å². The van der Waals surface area contributed by atoms with Crippen molar-refractivity contribution in [1.29, 1.82) is 0 Å². The largest absolute Gasteiger partial charge is 0.337 e. The van der Waals surface area contributed by atoms with Crippen LogP contribution in [0, 0.1) is 4.77 Å². The molecule has 0 aliphatic carbocycles. The van der Waals surface area contributed by atoms with Crippen molar-refractivity contribution in [2.45, 2.75) is 13.0 Å². The van der Waals surface area contributed by atoms with Gasteiger partial charge in [-0.3, -0.25) is 0 Å². The van der Waals surface area contributed by atoms with Gasteiger partial charge in [0.2, 0.25) is 0 Å². The maximum absolute atomic E-state index is 5.15. The van der Waals surface area contributed by atoms with Gasteiger partial charge in [-0.2, -0.15) is 11.3 Å². The van der Waals surface area contributed by atoms with Gasteiger partial charge in [-0.25, -0.2) is 0 Å². The van der Waals surface area contributed by atoms with Gasteiger partial charge in [0.25, 0.3) is 0 Å². The van der Waals surface area contributed by atoms with E-state index in [1.807, 2.05) is 12.4 Å². The second-order valence-electron chi connectivity index (χ2n) is 2.91. The van der Waals surface area contributed by atoms with E-state index in [2.05, 4.69) is 33.3 Å². The SMILES string of the molecule is CC(c1ccsc1)n1cc[nH]c1=S. The minimum atomic E-state index is 0.324. The van der Waals surface area contributed by atoms with Crippen LogP contribution in [0.2, 0.25) is 0 Å². The Labute approximate surface area is 85.9 Å². The lowest BCUT2D eigenvalue weighted by Gasteiger charge is -2.10. The average Bonchev–Trinajstić information content (AvgIpc) is 2.72. The van der Waals surface area contributed by atoms with Crippen molar-refractivity contribution >= 4 is 23.6 Å². The molecule has 1 N–H and O–H groups in total. The van der Waals surface area contributed by atoms with Crippen molar-refractivity contribution in [3.63, 3.8) is 0 Å². The second kappa shape index (κ2) is 3.47. The Kier molecular flexibility index (Phi) is 2.33. The first-order chi connectivity index (χ1) is 6.29. The molecule has 0 radical (unpaired) electrons. The first-order valence-electron chi connectivity index (χ1n) is 4.06. The van der Waals surface area contributed by atoms with E-state index in [9.17, 15) is 0 Å². The van der Waals surface area contributed by atoms with E-state index in [0.29, 0.717) is 6.04 Å². The molecule has 2 nitrogen and oxygen atoms in total. The third kappa shape index (κ3) is 1.59. The Morgan fingerprint density at radius 3 is 3.00 bits per heavy atom. The fourth-order valence-corrected chi connectivity index (χ4v) is 2.34. The molecule has 0 amide bonds. The Bertz CT molecular complexity index is 424. The summed E-state index contributed by atoms with van der Waals surface area (Å²) < 4.78 is 2.83. The van der Waals surface area contributed by atoms with Crippen LogP contribution in [0.15, 0.2) is 29.2 Å². The first-order valence-corrected chi connectivity index (χ1v) is 5.42. The molecule has 4 heteroatoms. The van der Waals surface area contributed by atoms with Gasteiger partial charge in [0.1, 0.15) is 0 Å². The van der Waals surface area contributed by atoms with Crippen LogP contribution in [0.1, 0.15) is 18.5 Å². The van der Waals surface area contributed by atoms with E-state index in [1.54, 1.807) is 11.3 Å². The quantitative estimate of drug-likeness (QED) is 0.755. The number of aromatic amines is 1. The van der Waals surface area contributed by atoms with Crippen LogP contribution in [0.25, 0.3) is 0 Å². The Morgan fingerprint density at radius 2 is 2.46 bits per heavy atom. The number of imidazole rings is 1. The summed E-state index contributed by atoms with van der Waals surface area (Å²) in [7, 11) is 0. The molecule has 2 aromatic rings. The molecule has 0 saturated carbocycles. The molecule has 0 bridgehead atoms. The van der Waals surface area contributed by atoms with Gasteiger partial charge in [-0.15, -0.1) is 0 Å². The maximum Gasteiger partial charge on any atom is 0.177 e. The van der Waals surface area contributed by atoms with Crippen molar-refractivity contribution in [2.24, 2.45) is 0 Å². The number of nitrogens with zero attached hydrogens (tertiary/aromatic N) is 1. The third-order valence-electron chi connectivity index (χ3n) is 2.12. The van der Waals surface area contributed by atoms with E-state index in [1.165, 1.54) is 5.56 Å². The molecule has 2 rings (SSSR count). The van der Waals surface area contributed by atoms with Crippen LogP contribution in [0.3, 0.4) is 0 Å². The molecule has 1 atom stereocenters. The third-order valence-corrected chi connectivity index (χ3v) is 3.15. The molecule has 0 aliphatic heterocycles. The summed E-state index contributed by atoms with van der Waals surface area (Å²) in [6, 6.07) is 2.45. The lowest BCUT2D eigenvalue weighted by Crippen LogP contribution is -2.04. The number of hydrogen-bond acceptors (Lipinski definition) is 2. The summed E-state index contributed by atoms with van der Waals surface area (Å²) in [6.07, 6.45) is 3.84. The second-order valence-corrected chi connectivity index (χ2v) is 4.07. The topological polar surface area (TPSA) is 20.7 Å². The lowest BCUT2D eigenvalue weighted by atomic mass is 10.2. The van der Waals surface area contributed by atoms with Gasteiger partial charge in [-0.1, -0.05) is 0 Å². The molecule has 1 unspecified atom stereocenters. The molecule has 68 valence electrons. The van der Waals surface area contributed by atoms with Gasteiger partial charge in [0.05, 0.1) is 6.04 Å². The van der Waals surface area contributed by atoms with Crippen molar-refractivity contribution in [2.75, 3.05) is 0 Å². The molecular formula is C9H10N2S2. The standard InChI is InChI=1S/C9H10N2S2/c1-7(8-2-5-13-6-8)11-4-3-10-9(11)12/h2-7H,1H3,(H,10,12). The molecule has 13 heavy (non-hydrogen) atoms. The van der Waals surface area contributed by atoms with E-state index in [4.69, 9.17) is 12.2 Å². The Balaban J connectivity index is 2.39. The first kappa shape index (κ1) is 8.72. The molecule has 0 aliphatic rings. The molecule has 0 saturated heterocycles. The van der Waals surface area contributed by atoms with Crippen LogP contribution < -0.4 is 0 Å². The predicted octanol–water partition coefficient (Wildman–Crippen LogP) is 3.22. The number of H-pyrrole nitrogens is 1. The summed E-state index contributed by atoms with van der Waals surface area (Å²) in [5, 5.41) is 4.24. The zero-order valence-corrected chi connectivity index (χ0v) is 8.86. The smallest absolute Gasteiger partial charge is 0.177 e. The van der Waals surface area contributed by atoms with Gasteiger partial charge >= 0.3 is 0 Å². The van der Waals surface area contributed by atoms with Crippen LogP contribution in [0.5, 0.6) is 0 Å². The summed E-state index contributed by atoms with van der Waals surface area (Å²) >= 11 is 6.86. The molecule has 0 aromatic carbocycles. The zero-order chi connectivity index (χ0) is 9.26. The monoisotopic (exact) mass is 210 g/mol. The molecule has 0 fully saturated rings. The van der Waals surface area contributed by atoms with Crippen LogP contribution >= 0.6 is 23.6 Å². The van der Waals surface area contributed by atoms with Crippen LogP contribution in [-0.4, -0.2) is 9.55 Å². The predicted molar refractivity (Wildman–Crippen MR) is 57.7 cm³/mol. The van der Waals surface area contributed by atoms with Gasteiger partial charge < -0.3 is 9.55 Å². The van der Waals surface area contributed by atoms with Crippen molar-refractivity contribution < 1.29 is 0 Å². The number of nitrogens with one attached hydrogen (secondary N) is 1. The van der Waals surface area contributed by atoms with E-state index in [0.717, 1.165) is 4.77 Å². The Hall–Kier alpha value is -0.870. The summed E-state index contributed by atoms with van der Waals surface area (Å²) in [6.45, 7) is 2.14. The molecule has 2 aromatic heterocycles.